The molecule has 1 saturated carbocycles. The monoisotopic (exact) mass is 397 g/mol. The number of piperidine rings is 1. The van der Waals surface area contributed by atoms with Crippen LogP contribution >= 0.6 is 0 Å². The molecule has 2 heterocycles. The summed E-state index contributed by atoms with van der Waals surface area (Å²) in [4.78, 5) is 42.0. The Kier molecular flexibility index (Phi) is 5.61. The van der Waals surface area contributed by atoms with Gasteiger partial charge in [-0.2, -0.15) is 0 Å². The number of hydrogen-bond acceptors (Lipinski definition) is 3. The topological polar surface area (TPSA) is 69.7 Å². The first-order valence-electron chi connectivity index (χ1n) is 11.0. The quantitative estimate of drug-likeness (QED) is 0.775. The van der Waals surface area contributed by atoms with E-state index in [9.17, 15) is 14.4 Å². The van der Waals surface area contributed by atoms with Gasteiger partial charge in [0.2, 0.25) is 5.91 Å². The predicted octanol–water partition coefficient (Wildman–Crippen LogP) is 3.27. The van der Waals surface area contributed by atoms with Gasteiger partial charge in [-0.05, 0) is 36.7 Å². The van der Waals surface area contributed by atoms with Gasteiger partial charge in [0.05, 0.1) is 0 Å². The zero-order valence-corrected chi connectivity index (χ0v) is 17.2. The molecule has 6 heteroatoms. The largest absolute Gasteiger partial charge is 0.341 e. The van der Waals surface area contributed by atoms with Crippen LogP contribution < -0.4 is 5.32 Å². The van der Waals surface area contributed by atoms with E-state index in [2.05, 4.69) is 5.32 Å². The summed E-state index contributed by atoms with van der Waals surface area (Å²) >= 11 is 0. The van der Waals surface area contributed by atoms with E-state index in [1.807, 2.05) is 42.2 Å². The zero-order valence-electron chi connectivity index (χ0n) is 17.2. The van der Waals surface area contributed by atoms with Crippen LogP contribution in [0.1, 0.15) is 57.4 Å². The third kappa shape index (κ3) is 3.65. The number of amides is 4. The van der Waals surface area contributed by atoms with Crippen LogP contribution in [0.5, 0.6) is 0 Å². The van der Waals surface area contributed by atoms with Gasteiger partial charge in [0.15, 0.2) is 0 Å². The van der Waals surface area contributed by atoms with E-state index < -0.39 is 11.6 Å². The molecule has 4 rings (SSSR count). The van der Waals surface area contributed by atoms with Gasteiger partial charge in [-0.15, -0.1) is 0 Å². The summed E-state index contributed by atoms with van der Waals surface area (Å²) in [5, 5.41) is 2.90. The van der Waals surface area contributed by atoms with Gasteiger partial charge in [-0.25, -0.2) is 4.79 Å². The predicted molar refractivity (Wildman–Crippen MR) is 110 cm³/mol. The zero-order chi connectivity index (χ0) is 20.4. The maximum atomic E-state index is 13.3. The van der Waals surface area contributed by atoms with E-state index in [-0.39, 0.29) is 18.4 Å². The normalized spacial score (nSPS) is 29.6. The Hall–Kier alpha value is -2.37. The molecule has 4 amide bonds. The van der Waals surface area contributed by atoms with Crippen LogP contribution in [0.4, 0.5) is 4.79 Å². The molecule has 1 N–H and O–H groups in total. The Balaban J connectivity index is 1.48. The highest BCUT2D eigenvalue weighted by molar-refractivity contribution is 6.09. The Morgan fingerprint density at radius 3 is 2.55 bits per heavy atom. The van der Waals surface area contributed by atoms with E-state index in [1.54, 1.807) is 0 Å². The average molecular weight is 398 g/mol. The van der Waals surface area contributed by atoms with Crippen molar-refractivity contribution < 1.29 is 14.4 Å². The Morgan fingerprint density at radius 1 is 1.10 bits per heavy atom. The summed E-state index contributed by atoms with van der Waals surface area (Å²) in [5.74, 6) is 0.891. The second-order valence-corrected chi connectivity index (χ2v) is 8.78. The lowest BCUT2D eigenvalue weighted by Gasteiger charge is -2.41. The van der Waals surface area contributed by atoms with Crippen molar-refractivity contribution in [2.24, 2.45) is 11.8 Å². The number of nitrogens with zero attached hydrogens (tertiary/aromatic N) is 2. The summed E-state index contributed by atoms with van der Waals surface area (Å²) in [6.45, 7) is 3.33. The molecule has 0 aromatic heterocycles. The Morgan fingerprint density at radius 2 is 1.83 bits per heavy atom. The first kappa shape index (κ1) is 19.9. The molecule has 2 saturated heterocycles. The van der Waals surface area contributed by atoms with Gasteiger partial charge >= 0.3 is 6.03 Å². The fourth-order valence-corrected chi connectivity index (χ4v) is 5.44. The minimum atomic E-state index is -1.07. The summed E-state index contributed by atoms with van der Waals surface area (Å²) in [6.07, 6.45) is 7.31. The molecule has 3 fully saturated rings. The average Bonchev–Trinajstić information content (AvgIpc) is 2.99. The van der Waals surface area contributed by atoms with Crippen molar-refractivity contribution in [3.8, 4) is 0 Å². The van der Waals surface area contributed by atoms with Gasteiger partial charge in [-0.3, -0.25) is 14.5 Å². The Labute approximate surface area is 172 Å². The fraction of sp³-hybridized carbons (Fsp3) is 0.609. The Bertz CT molecular complexity index is 781. The van der Waals surface area contributed by atoms with Gasteiger partial charge in [-0.1, -0.05) is 62.9 Å². The van der Waals surface area contributed by atoms with Crippen molar-refractivity contribution in [3.05, 3.63) is 35.9 Å². The minimum Gasteiger partial charge on any atom is -0.341 e. The summed E-state index contributed by atoms with van der Waals surface area (Å²) in [6, 6.07) is 8.90. The molecule has 0 bridgehead atoms. The minimum absolute atomic E-state index is 0.113. The molecule has 156 valence electrons. The lowest BCUT2D eigenvalue weighted by atomic mass is 9.75. The molecule has 1 aliphatic carbocycles. The maximum absolute atomic E-state index is 13.3. The summed E-state index contributed by atoms with van der Waals surface area (Å²) < 4.78 is 0. The van der Waals surface area contributed by atoms with Crippen LogP contribution in [-0.4, -0.2) is 47.3 Å². The first-order chi connectivity index (χ1) is 14.0. The lowest BCUT2D eigenvalue weighted by molar-refractivity contribution is -0.141. The van der Waals surface area contributed by atoms with Gasteiger partial charge < -0.3 is 10.2 Å². The van der Waals surface area contributed by atoms with Crippen LogP contribution in [0.3, 0.4) is 0 Å². The number of benzene rings is 1. The summed E-state index contributed by atoms with van der Waals surface area (Å²) in [7, 11) is 0. The number of imide groups is 1. The van der Waals surface area contributed by atoms with Crippen LogP contribution in [0, 0.1) is 11.8 Å². The molecule has 6 nitrogen and oxygen atoms in total. The van der Waals surface area contributed by atoms with Crippen molar-refractivity contribution in [1.82, 2.24) is 15.1 Å². The molecule has 2 aliphatic heterocycles. The van der Waals surface area contributed by atoms with Gasteiger partial charge in [0, 0.05) is 13.1 Å². The molecular weight excluding hydrogens is 366 g/mol. The van der Waals surface area contributed by atoms with E-state index in [0.717, 1.165) is 42.3 Å². The molecule has 1 aromatic rings. The summed E-state index contributed by atoms with van der Waals surface area (Å²) in [5.41, 5.74) is -0.290. The molecule has 29 heavy (non-hydrogen) atoms. The molecule has 1 aromatic carbocycles. The standard InChI is InChI=1S/C23H31N3O3/c1-2-13-23(19-10-4-3-5-11-19)21(28)26(22(29)24-23)16-20(27)25-14-12-17-8-6-7-9-18(17)15-25/h3-5,10-11,17-18H,2,6-9,12-16H2,1H3,(H,24,29)/t17-,18-,23+/m1/s1. The van der Waals surface area contributed by atoms with E-state index in [4.69, 9.17) is 0 Å². The second kappa shape index (κ2) is 8.17. The first-order valence-corrected chi connectivity index (χ1v) is 11.0. The van der Waals surface area contributed by atoms with Crippen LogP contribution in [0.25, 0.3) is 0 Å². The molecule has 3 atom stereocenters. The van der Waals surface area contributed by atoms with E-state index >= 15 is 0 Å². The third-order valence-corrected chi connectivity index (χ3v) is 7.00. The van der Waals surface area contributed by atoms with Crippen molar-refractivity contribution in [2.45, 2.75) is 57.4 Å². The SMILES string of the molecule is CCC[C@@]1(c2ccccc2)NC(=O)N(CC(=O)N2CC[C@H]3CCCC[C@@H]3C2)C1=O. The molecule has 0 unspecified atom stereocenters. The number of nitrogens with one attached hydrogen (secondary N) is 1. The van der Waals surface area contributed by atoms with E-state index in [0.29, 0.717) is 12.3 Å². The second-order valence-electron chi connectivity index (χ2n) is 8.78. The molecule has 3 aliphatic rings. The maximum Gasteiger partial charge on any atom is 0.325 e. The van der Waals surface area contributed by atoms with Crippen LogP contribution in [0.15, 0.2) is 30.3 Å². The van der Waals surface area contributed by atoms with Gasteiger partial charge in [0.1, 0.15) is 12.1 Å². The number of carbonyl (C=O) groups is 3. The molecule has 0 radical (unpaired) electrons. The number of rotatable bonds is 5. The highest BCUT2D eigenvalue weighted by Crippen LogP contribution is 2.37. The van der Waals surface area contributed by atoms with Crippen molar-refractivity contribution in [3.63, 3.8) is 0 Å². The smallest absolute Gasteiger partial charge is 0.325 e. The van der Waals surface area contributed by atoms with Crippen LogP contribution in [-0.2, 0) is 15.1 Å². The number of urea groups is 1. The van der Waals surface area contributed by atoms with Crippen LogP contribution in [0.2, 0.25) is 0 Å². The molecular formula is C23H31N3O3. The number of likely N-dealkylation sites (tertiary alicyclic amines) is 1. The highest BCUT2D eigenvalue weighted by Gasteiger charge is 2.52. The van der Waals surface area contributed by atoms with Gasteiger partial charge in [0.25, 0.3) is 5.91 Å². The molecule has 0 spiro atoms. The highest BCUT2D eigenvalue weighted by atomic mass is 16.2. The lowest BCUT2D eigenvalue weighted by Crippen LogP contribution is -2.49. The number of hydrogen-bond donors (Lipinski definition) is 1. The third-order valence-electron chi connectivity index (χ3n) is 7.00. The number of carbonyl (C=O) groups excluding carboxylic acids is 3. The van der Waals surface area contributed by atoms with Crippen molar-refractivity contribution in [1.29, 1.82) is 0 Å². The fourth-order valence-electron chi connectivity index (χ4n) is 5.44. The van der Waals surface area contributed by atoms with Crippen molar-refractivity contribution >= 4 is 17.8 Å². The van der Waals surface area contributed by atoms with Crippen molar-refractivity contribution in [2.75, 3.05) is 19.6 Å². The van der Waals surface area contributed by atoms with E-state index in [1.165, 1.54) is 25.7 Å². The number of fused-ring (bicyclic) bond motifs is 1.